The number of nitrogens with one attached hydrogen (secondary N) is 1. The maximum Gasteiger partial charge on any atom is 0.228 e. The lowest BCUT2D eigenvalue weighted by Crippen LogP contribution is -2.15. The van der Waals surface area contributed by atoms with Crippen LogP contribution in [0.1, 0.15) is 5.56 Å². The van der Waals surface area contributed by atoms with Crippen molar-refractivity contribution >= 4 is 39.5 Å². The zero-order valence-corrected chi connectivity index (χ0v) is 14.7. The molecule has 4 rings (SSSR count). The van der Waals surface area contributed by atoms with Gasteiger partial charge < -0.3 is 5.32 Å². The fourth-order valence-electron chi connectivity index (χ4n) is 2.68. The van der Waals surface area contributed by atoms with Crippen molar-refractivity contribution in [3.05, 3.63) is 76.9 Å². The molecule has 0 spiro atoms. The Hall–Kier alpha value is -2.63. The summed E-state index contributed by atoms with van der Waals surface area (Å²) in [5.74, 6) is -0.110. The van der Waals surface area contributed by atoms with Crippen LogP contribution in [0.15, 0.2) is 66.3 Å². The van der Waals surface area contributed by atoms with Crippen molar-refractivity contribution < 1.29 is 4.79 Å². The van der Waals surface area contributed by atoms with Crippen LogP contribution in [0.5, 0.6) is 0 Å². The van der Waals surface area contributed by atoms with Gasteiger partial charge in [-0.15, -0.1) is 11.3 Å². The zero-order valence-electron chi connectivity index (χ0n) is 13.1. The monoisotopic (exact) mass is 367 g/mol. The first-order chi connectivity index (χ1) is 12.2. The van der Waals surface area contributed by atoms with E-state index in [2.05, 4.69) is 10.3 Å². The normalized spacial score (nSPS) is 10.9. The molecule has 2 heterocycles. The van der Waals surface area contributed by atoms with E-state index in [4.69, 9.17) is 11.6 Å². The van der Waals surface area contributed by atoms with Crippen molar-refractivity contribution in [1.82, 2.24) is 9.38 Å². The SMILES string of the molecule is O=C(Cc1ccccc1Cl)Nc1ccccc1-c1cn2ccsc2n1. The number of para-hydroxylation sites is 1. The summed E-state index contributed by atoms with van der Waals surface area (Å²) in [6.07, 6.45) is 4.16. The Kier molecular flexibility index (Phi) is 4.26. The van der Waals surface area contributed by atoms with Gasteiger partial charge in [0.05, 0.1) is 17.8 Å². The third-order valence-corrected chi connectivity index (χ3v) is 5.02. The highest BCUT2D eigenvalue weighted by molar-refractivity contribution is 7.15. The van der Waals surface area contributed by atoms with Gasteiger partial charge in [-0.05, 0) is 17.7 Å². The summed E-state index contributed by atoms with van der Waals surface area (Å²) < 4.78 is 1.97. The summed E-state index contributed by atoms with van der Waals surface area (Å²) in [4.78, 5) is 18.0. The van der Waals surface area contributed by atoms with Crippen LogP contribution in [-0.2, 0) is 11.2 Å². The number of fused-ring (bicyclic) bond motifs is 1. The van der Waals surface area contributed by atoms with Gasteiger partial charge in [0.25, 0.3) is 0 Å². The molecule has 0 fully saturated rings. The van der Waals surface area contributed by atoms with Crippen LogP contribution in [0, 0.1) is 0 Å². The summed E-state index contributed by atoms with van der Waals surface area (Å²) in [5, 5.41) is 5.56. The summed E-state index contributed by atoms with van der Waals surface area (Å²) in [6.45, 7) is 0. The van der Waals surface area contributed by atoms with Gasteiger partial charge in [0.1, 0.15) is 0 Å². The van der Waals surface area contributed by atoms with E-state index in [9.17, 15) is 4.79 Å². The van der Waals surface area contributed by atoms with Gasteiger partial charge in [-0.25, -0.2) is 4.98 Å². The molecule has 0 aliphatic carbocycles. The smallest absolute Gasteiger partial charge is 0.228 e. The van der Waals surface area contributed by atoms with E-state index in [0.717, 1.165) is 27.5 Å². The number of imidazole rings is 1. The number of benzene rings is 2. The molecule has 0 radical (unpaired) electrons. The largest absolute Gasteiger partial charge is 0.325 e. The molecule has 0 unspecified atom stereocenters. The first kappa shape index (κ1) is 15.9. The fourth-order valence-corrected chi connectivity index (χ4v) is 3.58. The van der Waals surface area contributed by atoms with E-state index in [1.807, 2.05) is 64.6 Å². The molecule has 6 heteroatoms. The Morgan fingerprint density at radius 3 is 2.80 bits per heavy atom. The van der Waals surface area contributed by atoms with Crippen molar-refractivity contribution in [1.29, 1.82) is 0 Å². The van der Waals surface area contributed by atoms with Crippen molar-refractivity contribution in [3.63, 3.8) is 0 Å². The molecule has 0 aliphatic heterocycles. The molecule has 0 saturated heterocycles. The second-order valence-electron chi connectivity index (χ2n) is 5.58. The summed E-state index contributed by atoms with van der Waals surface area (Å²) in [6, 6.07) is 15.0. The molecule has 2 aromatic carbocycles. The van der Waals surface area contributed by atoms with Crippen LogP contribution in [0.25, 0.3) is 16.2 Å². The van der Waals surface area contributed by atoms with Gasteiger partial charge in [0, 0.05) is 28.4 Å². The Morgan fingerprint density at radius 1 is 1.16 bits per heavy atom. The standard InChI is InChI=1S/C19H14ClN3OS/c20-15-7-3-1-5-13(15)11-18(24)21-16-8-4-2-6-14(16)17-12-23-9-10-25-19(23)22-17/h1-10,12H,11H2,(H,21,24). The Labute approximate surface area is 153 Å². The molecule has 0 aliphatic rings. The number of carbonyl (C=O) groups excluding carboxylic acids is 1. The molecule has 4 aromatic rings. The molecule has 0 bridgehead atoms. The topological polar surface area (TPSA) is 46.4 Å². The maximum atomic E-state index is 12.4. The maximum absolute atomic E-state index is 12.4. The third-order valence-electron chi connectivity index (χ3n) is 3.88. The first-order valence-corrected chi connectivity index (χ1v) is 9.01. The second-order valence-corrected chi connectivity index (χ2v) is 6.86. The minimum Gasteiger partial charge on any atom is -0.325 e. The molecule has 0 saturated carbocycles. The molecular weight excluding hydrogens is 354 g/mol. The van der Waals surface area contributed by atoms with Gasteiger partial charge >= 0.3 is 0 Å². The number of nitrogens with zero attached hydrogens (tertiary/aromatic N) is 2. The predicted molar refractivity (Wildman–Crippen MR) is 102 cm³/mol. The molecule has 124 valence electrons. The molecule has 4 nitrogen and oxygen atoms in total. The zero-order chi connectivity index (χ0) is 17.2. The number of hydrogen-bond donors (Lipinski definition) is 1. The van der Waals surface area contributed by atoms with E-state index >= 15 is 0 Å². The van der Waals surface area contributed by atoms with E-state index < -0.39 is 0 Å². The Morgan fingerprint density at radius 2 is 1.96 bits per heavy atom. The lowest BCUT2D eigenvalue weighted by molar-refractivity contribution is -0.115. The first-order valence-electron chi connectivity index (χ1n) is 7.75. The van der Waals surface area contributed by atoms with Crippen LogP contribution >= 0.6 is 22.9 Å². The van der Waals surface area contributed by atoms with Gasteiger partial charge in [-0.1, -0.05) is 48.0 Å². The molecular formula is C19H14ClN3OS. The number of anilines is 1. The number of aromatic nitrogens is 2. The molecule has 1 N–H and O–H groups in total. The molecule has 25 heavy (non-hydrogen) atoms. The summed E-state index contributed by atoms with van der Waals surface area (Å²) in [7, 11) is 0. The number of thiazole rings is 1. The fraction of sp³-hybridized carbons (Fsp3) is 0.0526. The Balaban J connectivity index is 1.60. The number of amides is 1. The number of hydrogen-bond acceptors (Lipinski definition) is 3. The van der Waals surface area contributed by atoms with Crippen molar-refractivity contribution in [3.8, 4) is 11.3 Å². The number of halogens is 1. The summed E-state index contributed by atoms with van der Waals surface area (Å²) in [5.41, 5.74) is 3.28. The number of carbonyl (C=O) groups is 1. The van der Waals surface area contributed by atoms with E-state index in [1.54, 1.807) is 17.4 Å². The minimum absolute atomic E-state index is 0.110. The minimum atomic E-state index is -0.110. The van der Waals surface area contributed by atoms with Crippen LogP contribution in [0.2, 0.25) is 5.02 Å². The van der Waals surface area contributed by atoms with Crippen molar-refractivity contribution in [2.24, 2.45) is 0 Å². The predicted octanol–water partition coefficient (Wildman–Crippen LogP) is 4.90. The average molecular weight is 368 g/mol. The van der Waals surface area contributed by atoms with Crippen LogP contribution in [0.4, 0.5) is 5.69 Å². The Bertz CT molecular complexity index is 1020. The van der Waals surface area contributed by atoms with Crippen molar-refractivity contribution in [2.75, 3.05) is 5.32 Å². The van der Waals surface area contributed by atoms with Crippen LogP contribution < -0.4 is 5.32 Å². The van der Waals surface area contributed by atoms with Gasteiger partial charge in [0.2, 0.25) is 5.91 Å². The number of rotatable bonds is 4. The lowest BCUT2D eigenvalue weighted by atomic mass is 10.1. The van der Waals surface area contributed by atoms with E-state index in [0.29, 0.717) is 5.02 Å². The molecule has 1 amide bonds. The lowest BCUT2D eigenvalue weighted by Gasteiger charge is -2.10. The third kappa shape index (κ3) is 3.29. The van der Waals surface area contributed by atoms with Gasteiger partial charge in [0.15, 0.2) is 4.96 Å². The molecule has 2 aromatic heterocycles. The molecule has 0 atom stereocenters. The quantitative estimate of drug-likeness (QED) is 0.557. The van der Waals surface area contributed by atoms with Crippen LogP contribution in [-0.4, -0.2) is 15.3 Å². The summed E-state index contributed by atoms with van der Waals surface area (Å²) >= 11 is 7.72. The van der Waals surface area contributed by atoms with Crippen molar-refractivity contribution in [2.45, 2.75) is 6.42 Å². The highest BCUT2D eigenvalue weighted by atomic mass is 35.5. The average Bonchev–Trinajstić information content (AvgIpc) is 3.19. The van der Waals surface area contributed by atoms with Gasteiger partial charge in [-0.2, -0.15) is 0 Å². The highest BCUT2D eigenvalue weighted by Gasteiger charge is 2.13. The van der Waals surface area contributed by atoms with Gasteiger partial charge in [-0.3, -0.25) is 9.20 Å². The highest BCUT2D eigenvalue weighted by Crippen LogP contribution is 2.28. The van der Waals surface area contributed by atoms with Crippen LogP contribution in [0.3, 0.4) is 0 Å². The van der Waals surface area contributed by atoms with E-state index in [-0.39, 0.29) is 12.3 Å². The second kappa shape index (κ2) is 6.70. The van der Waals surface area contributed by atoms with E-state index in [1.165, 1.54) is 0 Å².